The molecule has 0 bridgehead atoms. The lowest BCUT2D eigenvalue weighted by atomic mass is 9.88. The molecular formula is C24H29N5O3. The molecule has 0 saturated carbocycles. The molecule has 1 atom stereocenters. The average molecular weight is 436 g/mol. The fourth-order valence-corrected chi connectivity index (χ4v) is 5.09. The molecule has 5 rings (SSSR count). The molecule has 168 valence electrons. The van der Waals surface area contributed by atoms with Crippen LogP contribution in [0.1, 0.15) is 19.4 Å². The van der Waals surface area contributed by atoms with Gasteiger partial charge in [-0.1, -0.05) is 24.3 Å². The molecule has 1 unspecified atom stereocenters. The minimum atomic E-state index is -0.385. The number of likely N-dealkylation sites (tertiary alicyclic amines) is 1. The van der Waals surface area contributed by atoms with Gasteiger partial charge in [0.2, 0.25) is 0 Å². The molecule has 3 heterocycles. The molecule has 1 fully saturated rings. The van der Waals surface area contributed by atoms with Gasteiger partial charge in [0.05, 0.1) is 17.8 Å². The van der Waals surface area contributed by atoms with Crippen molar-refractivity contribution < 1.29 is 14.6 Å². The van der Waals surface area contributed by atoms with E-state index in [1.54, 1.807) is 0 Å². The van der Waals surface area contributed by atoms with Gasteiger partial charge in [0.1, 0.15) is 18.4 Å². The number of ether oxygens (including phenoxy) is 1. The van der Waals surface area contributed by atoms with Gasteiger partial charge < -0.3 is 24.5 Å². The van der Waals surface area contributed by atoms with Crippen molar-refractivity contribution in [2.75, 3.05) is 43.6 Å². The first-order valence-corrected chi connectivity index (χ1v) is 10.9. The van der Waals surface area contributed by atoms with E-state index in [0.29, 0.717) is 11.6 Å². The van der Waals surface area contributed by atoms with E-state index in [0.717, 1.165) is 41.2 Å². The van der Waals surface area contributed by atoms with Gasteiger partial charge >= 0.3 is 0 Å². The lowest BCUT2D eigenvalue weighted by molar-refractivity contribution is -0.122. The molecule has 0 aliphatic carbocycles. The lowest BCUT2D eigenvalue weighted by Gasteiger charge is -2.53. The number of anilines is 2. The maximum atomic E-state index is 12.4. The normalized spacial score (nSPS) is 21.5. The first-order chi connectivity index (χ1) is 15.3. The first-order valence-electron chi connectivity index (χ1n) is 10.9. The van der Waals surface area contributed by atoms with Gasteiger partial charge in [0.25, 0.3) is 5.91 Å². The highest BCUT2D eigenvalue weighted by atomic mass is 16.5. The number of benzene rings is 2. The van der Waals surface area contributed by atoms with E-state index in [9.17, 15) is 9.90 Å². The molecule has 8 nitrogen and oxygen atoms in total. The second kappa shape index (κ2) is 7.50. The molecule has 3 aliphatic rings. The molecular weight excluding hydrogens is 406 g/mol. The van der Waals surface area contributed by atoms with Crippen molar-refractivity contribution in [3.8, 4) is 16.9 Å². The Morgan fingerprint density at radius 2 is 2.03 bits per heavy atom. The fraction of sp³-hybridized carbons (Fsp3) is 0.417. The van der Waals surface area contributed by atoms with Crippen molar-refractivity contribution in [2.45, 2.75) is 32.0 Å². The molecule has 0 spiro atoms. The summed E-state index contributed by atoms with van der Waals surface area (Å²) in [6.07, 6.45) is 0. The summed E-state index contributed by atoms with van der Waals surface area (Å²) in [5.74, 6) is 1.26. The summed E-state index contributed by atoms with van der Waals surface area (Å²) in [7, 11) is 4.24. The van der Waals surface area contributed by atoms with Crippen molar-refractivity contribution in [3.63, 3.8) is 0 Å². The molecule has 2 aromatic rings. The Bertz CT molecular complexity index is 1110. The van der Waals surface area contributed by atoms with Crippen LogP contribution in [0.15, 0.2) is 41.5 Å². The molecule has 32 heavy (non-hydrogen) atoms. The standard InChI is InChI=1S/C24H29N5O3/c1-15-23(31)26-25-22-12-32-21-9-18(17-8-6-5-7-16(17)11-30)19(10-20(21)29(15)22)28(4)24(2)13-27(3)14-24/h5-10,15,30H,11-14H2,1-4H3,(H,26,31). The Hall–Kier alpha value is -3.10. The van der Waals surface area contributed by atoms with Gasteiger partial charge in [-0.25, -0.2) is 5.43 Å². The number of rotatable bonds is 4. The van der Waals surface area contributed by atoms with Crippen LogP contribution in [0, 0.1) is 0 Å². The SMILES string of the molecule is CC1C(=O)NN=C2COc3cc(-c4ccccc4CO)c(N(C)C4(C)CN(C)C4)cc3N21. The van der Waals surface area contributed by atoms with Gasteiger partial charge in [-0.2, -0.15) is 5.10 Å². The molecule has 0 aromatic heterocycles. The van der Waals surface area contributed by atoms with Crippen LogP contribution < -0.4 is 20.0 Å². The van der Waals surface area contributed by atoms with E-state index in [-0.39, 0.29) is 30.7 Å². The van der Waals surface area contributed by atoms with Crippen LogP contribution in [-0.4, -0.2) is 67.1 Å². The monoisotopic (exact) mass is 435 g/mol. The smallest absolute Gasteiger partial charge is 0.262 e. The highest BCUT2D eigenvalue weighted by molar-refractivity contribution is 6.10. The number of hydrogen-bond donors (Lipinski definition) is 2. The number of likely N-dealkylation sites (N-methyl/N-ethyl adjacent to an activating group) is 2. The minimum Gasteiger partial charge on any atom is -0.483 e. The molecule has 3 aliphatic heterocycles. The van der Waals surface area contributed by atoms with Crippen LogP contribution in [0.2, 0.25) is 0 Å². The van der Waals surface area contributed by atoms with Gasteiger partial charge in [-0.15, -0.1) is 0 Å². The number of fused-ring (bicyclic) bond motifs is 3. The number of hydrogen-bond acceptors (Lipinski definition) is 7. The number of amidine groups is 1. The van der Waals surface area contributed by atoms with Crippen LogP contribution in [0.4, 0.5) is 11.4 Å². The fourth-order valence-electron chi connectivity index (χ4n) is 5.09. The second-order valence-corrected chi connectivity index (χ2v) is 9.22. The van der Waals surface area contributed by atoms with Gasteiger partial charge in [-0.3, -0.25) is 4.79 Å². The molecule has 1 amide bonds. The van der Waals surface area contributed by atoms with Crippen molar-refractivity contribution >= 4 is 23.1 Å². The Balaban J connectivity index is 1.70. The first kappa shape index (κ1) is 20.8. The summed E-state index contributed by atoms with van der Waals surface area (Å²) < 4.78 is 6.08. The maximum Gasteiger partial charge on any atom is 0.262 e. The maximum absolute atomic E-state index is 12.4. The second-order valence-electron chi connectivity index (χ2n) is 9.22. The van der Waals surface area contributed by atoms with E-state index in [1.807, 2.05) is 42.2 Å². The van der Waals surface area contributed by atoms with Crippen LogP contribution in [-0.2, 0) is 11.4 Å². The van der Waals surface area contributed by atoms with Crippen molar-refractivity contribution in [1.29, 1.82) is 0 Å². The summed E-state index contributed by atoms with van der Waals surface area (Å²) >= 11 is 0. The zero-order valence-corrected chi connectivity index (χ0v) is 18.9. The third-order valence-electron chi connectivity index (χ3n) is 6.90. The highest BCUT2D eigenvalue weighted by Crippen LogP contribution is 2.46. The summed E-state index contributed by atoms with van der Waals surface area (Å²) in [4.78, 5) is 18.9. The molecule has 0 radical (unpaired) electrons. The van der Waals surface area contributed by atoms with Gasteiger partial charge in [0, 0.05) is 31.4 Å². The van der Waals surface area contributed by atoms with E-state index >= 15 is 0 Å². The third kappa shape index (κ3) is 3.13. The predicted molar refractivity (Wildman–Crippen MR) is 125 cm³/mol. The zero-order chi connectivity index (χ0) is 22.6. The summed E-state index contributed by atoms with van der Waals surface area (Å²) in [5.41, 5.74) is 7.26. The Kier molecular flexibility index (Phi) is 4.87. The molecule has 1 saturated heterocycles. The lowest BCUT2D eigenvalue weighted by Crippen LogP contribution is -2.66. The molecule has 2 aromatic carbocycles. The third-order valence-corrected chi connectivity index (χ3v) is 6.90. The Morgan fingerprint density at radius 3 is 2.75 bits per heavy atom. The zero-order valence-electron chi connectivity index (χ0n) is 18.9. The number of amides is 1. The van der Waals surface area contributed by atoms with E-state index in [2.05, 4.69) is 47.4 Å². The number of carbonyl (C=O) groups excluding carboxylic acids is 1. The summed E-state index contributed by atoms with van der Waals surface area (Å²) in [5, 5.41) is 14.2. The van der Waals surface area contributed by atoms with Crippen LogP contribution in [0.5, 0.6) is 5.75 Å². The summed E-state index contributed by atoms with van der Waals surface area (Å²) in [6, 6.07) is 11.7. The quantitative estimate of drug-likeness (QED) is 0.765. The number of nitrogens with zero attached hydrogens (tertiary/aromatic N) is 4. The molecule has 2 N–H and O–H groups in total. The number of aliphatic hydroxyl groups is 1. The van der Waals surface area contributed by atoms with Crippen LogP contribution in [0.25, 0.3) is 11.1 Å². The topological polar surface area (TPSA) is 80.6 Å². The average Bonchev–Trinajstić information content (AvgIpc) is 2.78. The van der Waals surface area contributed by atoms with Gasteiger partial charge in [-0.05, 0) is 44.2 Å². The van der Waals surface area contributed by atoms with E-state index < -0.39 is 0 Å². The molecule has 8 heteroatoms. The van der Waals surface area contributed by atoms with Crippen LogP contribution in [0.3, 0.4) is 0 Å². The summed E-state index contributed by atoms with van der Waals surface area (Å²) in [6.45, 7) is 6.28. The van der Waals surface area contributed by atoms with Crippen LogP contribution >= 0.6 is 0 Å². The van der Waals surface area contributed by atoms with Crippen molar-refractivity contribution in [3.05, 3.63) is 42.0 Å². The minimum absolute atomic E-state index is 0.0246. The number of nitrogens with one attached hydrogen (secondary N) is 1. The van der Waals surface area contributed by atoms with Gasteiger partial charge in [0.15, 0.2) is 5.84 Å². The van der Waals surface area contributed by atoms with Crippen molar-refractivity contribution in [2.24, 2.45) is 5.10 Å². The van der Waals surface area contributed by atoms with E-state index in [4.69, 9.17) is 4.74 Å². The highest BCUT2D eigenvalue weighted by Gasteiger charge is 2.42. The Morgan fingerprint density at radius 1 is 1.28 bits per heavy atom. The Labute approximate surface area is 188 Å². The number of hydrazone groups is 1. The number of aliphatic hydroxyl groups excluding tert-OH is 1. The largest absolute Gasteiger partial charge is 0.483 e. The van der Waals surface area contributed by atoms with E-state index in [1.165, 1.54) is 0 Å². The number of carbonyl (C=O) groups is 1. The van der Waals surface area contributed by atoms with Crippen molar-refractivity contribution in [1.82, 2.24) is 10.3 Å². The predicted octanol–water partition coefficient (Wildman–Crippen LogP) is 2.02.